The predicted octanol–water partition coefficient (Wildman–Crippen LogP) is 2.79. The number of rotatable bonds is 4. The average molecular weight is 313 g/mol. The summed E-state index contributed by atoms with van der Waals surface area (Å²) in [7, 11) is 0. The van der Waals surface area contributed by atoms with Gasteiger partial charge in [-0.1, -0.05) is 24.3 Å². The SMILES string of the molecule is CC(=O)Oc1cccc(C(=O)Nc2ccccc2)c1OC(C)=O. The Hall–Kier alpha value is -3.15. The number of esters is 2. The van der Waals surface area contributed by atoms with E-state index in [0.29, 0.717) is 5.69 Å². The van der Waals surface area contributed by atoms with Gasteiger partial charge in [0.2, 0.25) is 0 Å². The van der Waals surface area contributed by atoms with Gasteiger partial charge in [-0.15, -0.1) is 0 Å². The zero-order valence-corrected chi connectivity index (χ0v) is 12.7. The monoisotopic (exact) mass is 313 g/mol. The summed E-state index contributed by atoms with van der Waals surface area (Å²) in [6, 6.07) is 13.3. The van der Waals surface area contributed by atoms with Crippen LogP contribution in [0, 0.1) is 0 Å². The molecule has 0 atom stereocenters. The Bertz CT molecular complexity index is 740. The van der Waals surface area contributed by atoms with Gasteiger partial charge in [-0.2, -0.15) is 0 Å². The van der Waals surface area contributed by atoms with Crippen molar-refractivity contribution >= 4 is 23.5 Å². The van der Waals surface area contributed by atoms with E-state index in [1.165, 1.54) is 32.0 Å². The summed E-state index contributed by atoms with van der Waals surface area (Å²) in [4.78, 5) is 34.9. The van der Waals surface area contributed by atoms with Gasteiger partial charge >= 0.3 is 11.9 Å². The molecule has 1 N–H and O–H groups in total. The zero-order valence-electron chi connectivity index (χ0n) is 12.7. The second-order valence-corrected chi connectivity index (χ2v) is 4.64. The third-order valence-corrected chi connectivity index (χ3v) is 2.75. The van der Waals surface area contributed by atoms with Crippen molar-refractivity contribution < 1.29 is 23.9 Å². The maximum atomic E-state index is 12.4. The van der Waals surface area contributed by atoms with E-state index in [1.807, 2.05) is 6.07 Å². The van der Waals surface area contributed by atoms with Crippen molar-refractivity contribution in [3.63, 3.8) is 0 Å². The Kier molecular flexibility index (Phi) is 5.09. The maximum Gasteiger partial charge on any atom is 0.308 e. The van der Waals surface area contributed by atoms with Crippen LogP contribution in [0.1, 0.15) is 24.2 Å². The molecule has 0 heterocycles. The van der Waals surface area contributed by atoms with Crippen LogP contribution in [0.25, 0.3) is 0 Å². The van der Waals surface area contributed by atoms with E-state index in [9.17, 15) is 14.4 Å². The van der Waals surface area contributed by atoms with E-state index in [0.717, 1.165) is 0 Å². The van der Waals surface area contributed by atoms with E-state index in [4.69, 9.17) is 9.47 Å². The van der Waals surface area contributed by atoms with Crippen molar-refractivity contribution in [3.8, 4) is 11.5 Å². The minimum atomic E-state index is -0.627. The standard InChI is InChI=1S/C17H15NO5/c1-11(19)22-15-10-6-9-14(16(15)23-12(2)20)17(21)18-13-7-4-3-5-8-13/h3-10H,1-2H3,(H,18,21). The summed E-state index contributed by atoms with van der Waals surface area (Å²) in [5, 5.41) is 2.68. The lowest BCUT2D eigenvalue weighted by atomic mass is 10.1. The van der Waals surface area contributed by atoms with E-state index in [1.54, 1.807) is 24.3 Å². The van der Waals surface area contributed by atoms with Crippen LogP contribution in [-0.2, 0) is 9.59 Å². The number of ether oxygens (including phenoxy) is 2. The summed E-state index contributed by atoms with van der Waals surface area (Å²) >= 11 is 0. The Morgan fingerprint density at radius 3 is 2.09 bits per heavy atom. The Morgan fingerprint density at radius 1 is 0.826 bits per heavy atom. The maximum absolute atomic E-state index is 12.4. The lowest BCUT2D eigenvalue weighted by molar-refractivity contribution is -0.134. The van der Waals surface area contributed by atoms with Crippen molar-refractivity contribution in [1.29, 1.82) is 0 Å². The van der Waals surface area contributed by atoms with E-state index in [2.05, 4.69) is 5.32 Å². The first-order valence-corrected chi connectivity index (χ1v) is 6.83. The highest BCUT2D eigenvalue weighted by Crippen LogP contribution is 2.32. The first-order chi connectivity index (χ1) is 11.0. The van der Waals surface area contributed by atoms with Crippen molar-refractivity contribution in [3.05, 3.63) is 54.1 Å². The lowest BCUT2D eigenvalue weighted by Crippen LogP contribution is -2.16. The number of hydrogen-bond donors (Lipinski definition) is 1. The molecule has 0 unspecified atom stereocenters. The number of anilines is 1. The molecule has 0 aliphatic carbocycles. The zero-order chi connectivity index (χ0) is 16.8. The summed E-state index contributed by atoms with van der Waals surface area (Å²) in [6.07, 6.45) is 0. The normalized spacial score (nSPS) is 9.83. The molecule has 6 nitrogen and oxygen atoms in total. The van der Waals surface area contributed by atoms with Crippen molar-refractivity contribution in [2.75, 3.05) is 5.32 Å². The van der Waals surface area contributed by atoms with Crippen LogP contribution in [0.5, 0.6) is 11.5 Å². The molecule has 0 bridgehead atoms. The number of carbonyl (C=O) groups is 3. The van der Waals surface area contributed by atoms with Gasteiger partial charge in [0.05, 0.1) is 5.56 Å². The highest BCUT2D eigenvalue weighted by molar-refractivity contribution is 6.07. The van der Waals surface area contributed by atoms with Crippen LogP contribution in [0.3, 0.4) is 0 Å². The Balaban J connectivity index is 2.37. The molecule has 0 aliphatic heterocycles. The Labute approximate surface area is 133 Å². The molecule has 0 aromatic heterocycles. The second-order valence-electron chi connectivity index (χ2n) is 4.64. The topological polar surface area (TPSA) is 81.7 Å². The van der Waals surface area contributed by atoms with Gasteiger partial charge < -0.3 is 14.8 Å². The fourth-order valence-corrected chi connectivity index (χ4v) is 1.90. The van der Waals surface area contributed by atoms with Crippen LogP contribution < -0.4 is 14.8 Å². The van der Waals surface area contributed by atoms with Gasteiger partial charge in [0.1, 0.15) is 0 Å². The van der Waals surface area contributed by atoms with Crippen molar-refractivity contribution in [2.45, 2.75) is 13.8 Å². The Morgan fingerprint density at radius 2 is 1.48 bits per heavy atom. The summed E-state index contributed by atoms with van der Waals surface area (Å²) in [6.45, 7) is 2.41. The van der Waals surface area contributed by atoms with Gasteiger partial charge in [-0.3, -0.25) is 14.4 Å². The molecule has 2 aromatic carbocycles. The lowest BCUT2D eigenvalue weighted by Gasteiger charge is -2.13. The van der Waals surface area contributed by atoms with Crippen LogP contribution in [0.4, 0.5) is 5.69 Å². The van der Waals surface area contributed by atoms with Gasteiger partial charge in [-0.05, 0) is 24.3 Å². The molecule has 0 spiro atoms. The van der Waals surface area contributed by atoms with Gasteiger partial charge in [0.25, 0.3) is 5.91 Å². The summed E-state index contributed by atoms with van der Waals surface area (Å²) < 4.78 is 10.1. The number of carbonyl (C=O) groups excluding carboxylic acids is 3. The number of para-hydroxylation sites is 2. The molecule has 2 rings (SSSR count). The first-order valence-electron chi connectivity index (χ1n) is 6.83. The molecule has 1 amide bonds. The summed E-state index contributed by atoms with van der Waals surface area (Å²) in [5.41, 5.74) is 0.673. The number of amides is 1. The fraction of sp³-hybridized carbons (Fsp3) is 0.118. The first kappa shape index (κ1) is 16.2. The minimum Gasteiger partial charge on any atom is -0.423 e. The van der Waals surface area contributed by atoms with Crippen LogP contribution >= 0.6 is 0 Å². The smallest absolute Gasteiger partial charge is 0.308 e. The van der Waals surface area contributed by atoms with Crippen molar-refractivity contribution in [1.82, 2.24) is 0 Å². The number of nitrogens with one attached hydrogen (secondary N) is 1. The fourth-order valence-electron chi connectivity index (χ4n) is 1.90. The van der Waals surface area contributed by atoms with Crippen LogP contribution in [0.2, 0.25) is 0 Å². The predicted molar refractivity (Wildman–Crippen MR) is 83.5 cm³/mol. The van der Waals surface area contributed by atoms with Crippen LogP contribution in [0.15, 0.2) is 48.5 Å². The molecule has 6 heteroatoms. The van der Waals surface area contributed by atoms with E-state index < -0.39 is 17.8 Å². The van der Waals surface area contributed by atoms with E-state index >= 15 is 0 Å². The third kappa shape index (κ3) is 4.41. The second kappa shape index (κ2) is 7.22. The van der Waals surface area contributed by atoms with Crippen molar-refractivity contribution in [2.24, 2.45) is 0 Å². The third-order valence-electron chi connectivity index (χ3n) is 2.75. The molecule has 0 aliphatic rings. The number of benzene rings is 2. The molecule has 0 saturated carbocycles. The molecular formula is C17H15NO5. The summed E-state index contributed by atoms with van der Waals surface area (Å²) in [5.74, 6) is -1.78. The minimum absolute atomic E-state index is 0.00779. The molecule has 0 fully saturated rings. The highest BCUT2D eigenvalue weighted by Gasteiger charge is 2.20. The highest BCUT2D eigenvalue weighted by atomic mass is 16.6. The molecule has 23 heavy (non-hydrogen) atoms. The van der Waals surface area contributed by atoms with Gasteiger partial charge in [0.15, 0.2) is 11.5 Å². The number of hydrogen-bond acceptors (Lipinski definition) is 5. The van der Waals surface area contributed by atoms with Gasteiger partial charge in [-0.25, -0.2) is 0 Å². The quantitative estimate of drug-likeness (QED) is 0.693. The molecule has 0 radical (unpaired) electrons. The molecule has 118 valence electrons. The molecule has 0 saturated heterocycles. The molecular weight excluding hydrogens is 298 g/mol. The molecule has 2 aromatic rings. The van der Waals surface area contributed by atoms with Gasteiger partial charge in [0, 0.05) is 19.5 Å². The van der Waals surface area contributed by atoms with E-state index in [-0.39, 0.29) is 17.1 Å². The largest absolute Gasteiger partial charge is 0.423 e. The average Bonchev–Trinajstić information content (AvgIpc) is 2.49. The van der Waals surface area contributed by atoms with Crippen LogP contribution in [-0.4, -0.2) is 17.8 Å².